The zero-order valence-electron chi connectivity index (χ0n) is 17.7. The lowest BCUT2D eigenvalue weighted by Crippen LogP contribution is -2.48. The van der Waals surface area contributed by atoms with Crippen LogP contribution in [0.15, 0.2) is 89.9 Å². The number of H-pyrrole nitrogens is 1. The smallest absolute Gasteiger partial charge is 0.255 e. The van der Waals surface area contributed by atoms with E-state index in [1.807, 2.05) is 12.1 Å². The van der Waals surface area contributed by atoms with Gasteiger partial charge in [-0.2, -0.15) is 0 Å². The van der Waals surface area contributed by atoms with E-state index < -0.39 is 0 Å². The van der Waals surface area contributed by atoms with Gasteiger partial charge in [0.25, 0.3) is 5.56 Å². The number of ether oxygens (including phenoxy) is 1. The van der Waals surface area contributed by atoms with Gasteiger partial charge in [-0.15, -0.1) is 0 Å². The summed E-state index contributed by atoms with van der Waals surface area (Å²) in [5.41, 5.74) is 2.49. The van der Waals surface area contributed by atoms with Crippen LogP contribution >= 0.6 is 11.6 Å². The maximum Gasteiger partial charge on any atom is 0.255 e. The van der Waals surface area contributed by atoms with Crippen LogP contribution in [0.5, 0.6) is 5.75 Å². The average Bonchev–Trinajstić information content (AvgIpc) is 2.78. The Hall–Kier alpha value is -3.08. The molecule has 1 fully saturated rings. The van der Waals surface area contributed by atoms with Gasteiger partial charge in [-0.3, -0.25) is 9.69 Å². The number of hydrogen-bond donors (Lipinski definition) is 1. The molecule has 0 unspecified atom stereocenters. The number of nitrogens with zero attached hydrogens (tertiary/aromatic N) is 1. The number of halogens is 1. The minimum Gasteiger partial charge on any atom is -0.489 e. The zero-order valence-corrected chi connectivity index (χ0v) is 18.5. The summed E-state index contributed by atoms with van der Waals surface area (Å²) in [7, 11) is 0. The van der Waals surface area contributed by atoms with Crippen molar-refractivity contribution < 1.29 is 4.74 Å². The van der Waals surface area contributed by atoms with Crippen LogP contribution < -0.4 is 10.3 Å². The van der Waals surface area contributed by atoms with Crippen LogP contribution in [-0.2, 0) is 13.1 Å². The SMILES string of the molecule is O=c1[nH]ccc2cc(O[C@H]3C[C@@H](N(Cc4ccccc4)Cc4ccccc4)C3)c(Cl)cc12. The molecule has 0 radical (unpaired) electrons. The summed E-state index contributed by atoms with van der Waals surface area (Å²) in [6.45, 7) is 1.82. The molecular formula is C27H25ClN2O2. The molecule has 0 amide bonds. The molecule has 5 rings (SSSR count). The minimum atomic E-state index is -0.142. The van der Waals surface area contributed by atoms with Gasteiger partial charge in [0.05, 0.1) is 5.02 Å². The molecule has 0 aliphatic heterocycles. The number of benzene rings is 3. The molecule has 4 nitrogen and oxygen atoms in total. The molecule has 3 aromatic carbocycles. The molecule has 1 aliphatic carbocycles. The van der Waals surface area contributed by atoms with E-state index in [1.165, 1.54) is 11.1 Å². The summed E-state index contributed by atoms with van der Waals surface area (Å²) >= 11 is 6.43. The highest BCUT2D eigenvalue weighted by molar-refractivity contribution is 6.32. The Morgan fingerprint density at radius 3 is 2.16 bits per heavy atom. The molecule has 1 saturated carbocycles. The quantitative estimate of drug-likeness (QED) is 0.392. The Morgan fingerprint density at radius 1 is 0.906 bits per heavy atom. The van der Waals surface area contributed by atoms with E-state index in [1.54, 1.807) is 12.3 Å². The summed E-state index contributed by atoms with van der Waals surface area (Å²) in [6, 6.07) is 27.1. The second kappa shape index (κ2) is 9.19. The standard InChI is InChI=1S/C27H25ClN2O2/c28-25-16-24-21(11-12-29-27(24)31)13-26(25)32-23-14-22(15-23)30(17-19-7-3-1-4-8-19)18-20-9-5-2-6-10-20/h1-13,16,22-23H,14-15,17-18H2,(H,29,31)/t22-,23+. The monoisotopic (exact) mass is 444 g/mol. The van der Waals surface area contributed by atoms with Crippen molar-refractivity contribution in [2.75, 3.05) is 0 Å². The number of aromatic amines is 1. The predicted molar refractivity (Wildman–Crippen MR) is 129 cm³/mol. The topological polar surface area (TPSA) is 45.3 Å². The molecule has 0 saturated heterocycles. The fraction of sp³-hybridized carbons (Fsp3) is 0.222. The normalized spacial score (nSPS) is 17.9. The van der Waals surface area contributed by atoms with Crippen molar-refractivity contribution in [2.24, 2.45) is 0 Å². The van der Waals surface area contributed by atoms with Crippen molar-refractivity contribution in [2.45, 2.75) is 38.1 Å². The van der Waals surface area contributed by atoms with Gasteiger partial charge in [-0.05, 0) is 34.7 Å². The molecule has 1 heterocycles. The van der Waals surface area contributed by atoms with Crippen LogP contribution in [0.25, 0.3) is 10.8 Å². The lowest BCUT2D eigenvalue weighted by atomic mass is 9.87. The largest absolute Gasteiger partial charge is 0.489 e. The molecule has 5 heteroatoms. The van der Waals surface area contributed by atoms with Crippen molar-refractivity contribution >= 4 is 22.4 Å². The summed E-state index contributed by atoms with van der Waals surface area (Å²) in [6.07, 6.45) is 3.66. The minimum absolute atomic E-state index is 0.117. The second-order valence-electron chi connectivity index (χ2n) is 8.42. The summed E-state index contributed by atoms with van der Waals surface area (Å²) in [4.78, 5) is 17.2. The number of nitrogens with one attached hydrogen (secondary N) is 1. The van der Waals surface area contributed by atoms with Gasteiger partial charge < -0.3 is 9.72 Å². The Labute approximate surface area is 192 Å². The summed E-state index contributed by atoms with van der Waals surface area (Å²) in [5.74, 6) is 0.644. The van der Waals surface area contributed by atoms with Crippen molar-refractivity contribution in [3.63, 3.8) is 0 Å². The van der Waals surface area contributed by atoms with Crippen LogP contribution in [0.3, 0.4) is 0 Å². The lowest BCUT2D eigenvalue weighted by molar-refractivity contribution is 0.00897. The van der Waals surface area contributed by atoms with Crippen molar-refractivity contribution in [1.82, 2.24) is 9.88 Å². The van der Waals surface area contributed by atoms with E-state index in [0.29, 0.717) is 22.2 Å². The van der Waals surface area contributed by atoms with Crippen LogP contribution in [-0.4, -0.2) is 22.0 Å². The number of rotatable bonds is 7. The van der Waals surface area contributed by atoms with Crippen LogP contribution in [0.4, 0.5) is 0 Å². The third-order valence-electron chi connectivity index (χ3n) is 6.16. The van der Waals surface area contributed by atoms with Gasteiger partial charge in [0, 0.05) is 43.6 Å². The molecule has 4 aromatic rings. The Balaban J connectivity index is 1.28. The molecule has 1 aromatic heterocycles. The first-order chi connectivity index (χ1) is 15.7. The number of fused-ring (bicyclic) bond motifs is 1. The highest BCUT2D eigenvalue weighted by atomic mass is 35.5. The Bertz CT molecular complexity index is 1210. The Kier molecular flexibility index (Phi) is 5.97. The van der Waals surface area contributed by atoms with E-state index in [-0.39, 0.29) is 11.7 Å². The van der Waals surface area contributed by atoms with Gasteiger partial charge >= 0.3 is 0 Å². The van der Waals surface area contributed by atoms with E-state index in [4.69, 9.17) is 16.3 Å². The fourth-order valence-corrected chi connectivity index (χ4v) is 4.55. The van der Waals surface area contributed by atoms with Gasteiger partial charge in [-0.1, -0.05) is 72.3 Å². The first-order valence-electron chi connectivity index (χ1n) is 11.0. The van der Waals surface area contributed by atoms with E-state index in [9.17, 15) is 4.79 Å². The van der Waals surface area contributed by atoms with Gasteiger partial charge in [0.1, 0.15) is 11.9 Å². The molecule has 1 aliphatic rings. The lowest BCUT2D eigenvalue weighted by Gasteiger charge is -2.43. The van der Waals surface area contributed by atoms with E-state index >= 15 is 0 Å². The van der Waals surface area contributed by atoms with Crippen LogP contribution in [0.2, 0.25) is 5.02 Å². The zero-order chi connectivity index (χ0) is 21.9. The van der Waals surface area contributed by atoms with Crippen molar-refractivity contribution in [3.8, 4) is 5.75 Å². The first kappa shape index (κ1) is 20.8. The highest BCUT2D eigenvalue weighted by Gasteiger charge is 2.35. The Morgan fingerprint density at radius 2 is 1.53 bits per heavy atom. The molecule has 0 spiro atoms. The summed E-state index contributed by atoms with van der Waals surface area (Å²) in [5, 5.41) is 1.88. The maximum atomic E-state index is 12.0. The number of aromatic nitrogens is 1. The predicted octanol–water partition coefficient (Wildman–Crippen LogP) is 5.79. The van der Waals surface area contributed by atoms with Gasteiger partial charge in [0.15, 0.2) is 0 Å². The third kappa shape index (κ3) is 4.57. The van der Waals surface area contributed by atoms with Gasteiger partial charge in [-0.25, -0.2) is 0 Å². The fourth-order valence-electron chi connectivity index (χ4n) is 4.34. The van der Waals surface area contributed by atoms with Crippen LogP contribution in [0.1, 0.15) is 24.0 Å². The number of pyridine rings is 1. The molecule has 1 N–H and O–H groups in total. The molecule has 0 atom stereocenters. The summed E-state index contributed by atoms with van der Waals surface area (Å²) < 4.78 is 6.24. The van der Waals surface area contributed by atoms with Crippen molar-refractivity contribution in [1.29, 1.82) is 0 Å². The highest BCUT2D eigenvalue weighted by Crippen LogP contribution is 2.36. The van der Waals surface area contributed by atoms with E-state index in [0.717, 1.165) is 31.3 Å². The third-order valence-corrected chi connectivity index (χ3v) is 6.46. The van der Waals surface area contributed by atoms with Gasteiger partial charge in [0.2, 0.25) is 0 Å². The van der Waals surface area contributed by atoms with Crippen LogP contribution in [0, 0.1) is 0 Å². The average molecular weight is 445 g/mol. The van der Waals surface area contributed by atoms with E-state index in [2.05, 4.69) is 70.5 Å². The molecular weight excluding hydrogens is 420 g/mol. The van der Waals surface area contributed by atoms with Crippen molar-refractivity contribution in [3.05, 3.63) is 112 Å². The maximum absolute atomic E-state index is 12.0. The molecule has 162 valence electrons. The molecule has 32 heavy (non-hydrogen) atoms. The number of hydrogen-bond acceptors (Lipinski definition) is 3. The molecule has 0 bridgehead atoms. The first-order valence-corrected chi connectivity index (χ1v) is 11.3. The second-order valence-corrected chi connectivity index (χ2v) is 8.83.